The van der Waals surface area contributed by atoms with Gasteiger partial charge in [0.1, 0.15) is 5.44 Å². The number of hydrogen-bond acceptors (Lipinski definition) is 2. The summed E-state index contributed by atoms with van der Waals surface area (Å²) in [6.45, 7) is 9.08. The van der Waals surface area contributed by atoms with Crippen LogP contribution in [0.1, 0.15) is 45.6 Å². The van der Waals surface area contributed by atoms with E-state index in [4.69, 9.17) is 4.74 Å². The van der Waals surface area contributed by atoms with Crippen LogP contribution in [0.15, 0.2) is 30.3 Å². The van der Waals surface area contributed by atoms with Gasteiger partial charge in [-0.2, -0.15) is 0 Å². The number of ether oxygens (including phenoxy) is 1. The quantitative estimate of drug-likeness (QED) is 0.767. The van der Waals surface area contributed by atoms with Gasteiger partial charge in [0, 0.05) is 10.7 Å². The maximum absolute atomic E-state index is 6.10. The van der Waals surface area contributed by atoms with Crippen LogP contribution in [0.2, 0.25) is 0 Å². The maximum Gasteiger partial charge on any atom is 0.101 e. The Kier molecular flexibility index (Phi) is 3.84. The molecule has 1 fully saturated rings. The molecule has 3 unspecified atom stereocenters. The first-order chi connectivity index (χ1) is 7.98. The molecule has 0 spiro atoms. The summed E-state index contributed by atoms with van der Waals surface area (Å²) in [5, 5.41) is 0. The van der Waals surface area contributed by atoms with Crippen LogP contribution < -0.4 is 0 Å². The summed E-state index contributed by atoms with van der Waals surface area (Å²) in [5.41, 5.74) is 1.68. The lowest BCUT2D eigenvalue weighted by Crippen LogP contribution is -2.38. The highest BCUT2D eigenvalue weighted by Crippen LogP contribution is 2.43. The Morgan fingerprint density at radius 1 is 1.29 bits per heavy atom. The van der Waals surface area contributed by atoms with Gasteiger partial charge < -0.3 is 4.74 Å². The van der Waals surface area contributed by atoms with Crippen LogP contribution in [-0.4, -0.2) is 16.3 Å². The fourth-order valence-corrected chi connectivity index (χ4v) is 3.93. The summed E-state index contributed by atoms with van der Waals surface area (Å²) in [7, 11) is 0. The Labute approximate surface area is 109 Å². The molecule has 1 aliphatic rings. The third-order valence-electron chi connectivity index (χ3n) is 3.43. The van der Waals surface area contributed by atoms with E-state index in [0.29, 0.717) is 22.2 Å². The Morgan fingerprint density at radius 2 is 1.94 bits per heavy atom. The van der Waals surface area contributed by atoms with Crippen molar-refractivity contribution in [2.24, 2.45) is 0 Å². The molecule has 1 aliphatic heterocycles. The van der Waals surface area contributed by atoms with Gasteiger partial charge in [-0.3, -0.25) is 0 Å². The summed E-state index contributed by atoms with van der Waals surface area (Å²) < 4.78 is 6.43. The molecule has 1 aromatic rings. The predicted molar refractivity (Wildman–Crippen MR) is 75.5 cm³/mol. The standard InChI is InChI=1S/C15H22OS/c1-11(13-8-6-5-7-9-13)14-10-15(3,4)17-12(2)16-14/h5-9,11-12,14H,10H2,1-4H3. The lowest BCUT2D eigenvalue weighted by molar-refractivity contribution is 0.00699. The van der Waals surface area contributed by atoms with Gasteiger partial charge in [0.25, 0.3) is 0 Å². The first-order valence-corrected chi connectivity index (χ1v) is 7.24. The molecular weight excluding hydrogens is 228 g/mol. The first-order valence-electron chi connectivity index (χ1n) is 6.36. The SMILES string of the molecule is CC1OC(C(C)c2ccccc2)CC(C)(C)S1. The van der Waals surface area contributed by atoms with E-state index in [0.717, 1.165) is 6.42 Å². The zero-order chi connectivity index (χ0) is 12.5. The second-order valence-corrected chi connectivity index (χ2v) is 7.53. The van der Waals surface area contributed by atoms with E-state index in [1.807, 2.05) is 11.8 Å². The van der Waals surface area contributed by atoms with Crippen LogP contribution in [0.4, 0.5) is 0 Å². The molecule has 1 nitrogen and oxygen atoms in total. The predicted octanol–water partition coefficient (Wildman–Crippen LogP) is 4.44. The minimum atomic E-state index is 0.301. The van der Waals surface area contributed by atoms with Gasteiger partial charge in [0.15, 0.2) is 0 Å². The minimum Gasteiger partial charge on any atom is -0.364 e. The van der Waals surface area contributed by atoms with Gasteiger partial charge in [-0.1, -0.05) is 51.1 Å². The molecule has 94 valence electrons. The van der Waals surface area contributed by atoms with Crippen LogP contribution in [-0.2, 0) is 4.74 Å². The largest absolute Gasteiger partial charge is 0.364 e. The fraction of sp³-hybridized carbons (Fsp3) is 0.600. The van der Waals surface area contributed by atoms with Gasteiger partial charge in [-0.15, -0.1) is 11.8 Å². The van der Waals surface area contributed by atoms with Crippen molar-refractivity contribution in [1.29, 1.82) is 0 Å². The number of rotatable bonds is 2. The van der Waals surface area contributed by atoms with Crippen molar-refractivity contribution >= 4 is 11.8 Å². The zero-order valence-electron chi connectivity index (χ0n) is 11.1. The van der Waals surface area contributed by atoms with Crippen molar-refractivity contribution < 1.29 is 4.74 Å². The molecule has 1 saturated heterocycles. The van der Waals surface area contributed by atoms with Crippen molar-refractivity contribution in [2.45, 2.75) is 56.3 Å². The average Bonchev–Trinajstić information content (AvgIpc) is 2.26. The molecule has 0 aromatic heterocycles. The van der Waals surface area contributed by atoms with Crippen molar-refractivity contribution in [2.75, 3.05) is 0 Å². The molecule has 0 saturated carbocycles. The summed E-state index contributed by atoms with van der Waals surface area (Å²) in [6, 6.07) is 10.7. The Balaban J connectivity index is 2.12. The smallest absolute Gasteiger partial charge is 0.101 e. The molecule has 0 N–H and O–H groups in total. The van der Waals surface area contributed by atoms with E-state index in [1.54, 1.807) is 0 Å². The third kappa shape index (κ3) is 3.26. The zero-order valence-corrected chi connectivity index (χ0v) is 12.0. The molecule has 0 radical (unpaired) electrons. The second-order valence-electron chi connectivity index (χ2n) is 5.52. The molecule has 2 heteroatoms. The van der Waals surface area contributed by atoms with E-state index in [2.05, 4.69) is 58.0 Å². The fourth-order valence-electron chi connectivity index (χ4n) is 2.57. The summed E-state index contributed by atoms with van der Waals surface area (Å²) in [4.78, 5) is 0. The monoisotopic (exact) mass is 250 g/mol. The van der Waals surface area contributed by atoms with E-state index in [-0.39, 0.29) is 0 Å². The molecular formula is C15H22OS. The highest BCUT2D eigenvalue weighted by molar-refractivity contribution is 8.01. The van der Waals surface area contributed by atoms with Gasteiger partial charge in [-0.25, -0.2) is 0 Å². The molecule has 1 heterocycles. The first kappa shape index (κ1) is 13.0. The number of benzene rings is 1. The van der Waals surface area contributed by atoms with Crippen molar-refractivity contribution in [3.63, 3.8) is 0 Å². The lowest BCUT2D eigenvalue weighted by Gasteiger charge is -2.41. The van der Waals surface area contributed by atoms with Crippen molar-refractivity contribution in [1.82, 2.24) is 0 Å². The van der Waals surface area contributed by atoms with Crippen molar-refractivity contribution in [3.8, 4) is 0 Å². The Morgan fingerprint density at radius 3 is 2.53 bits per heavy atom. The third-order valence-corrected chi connectivity index (χ3v) is 4.68. The lowest BCUT2D eigenvalue weighted by atomic mass is 9.89. The van der Waals surface area contributed by atoms with Crippen molar-refractivity contribution in [3.05, 3.63) is 35.9 Å². The molecule has 0 bridgehead atoms. The maximum atomic E-state index is 6.10. The summed E-state index contributed by atoms with van der Waals surface area (Å²) >= 11 is 1.94. The van der Waals surface area contributed by atoms with Crippen LogP contribution >= 0.6 is 11.8 Å². The van der Waals surface area contributed by atoms with Gasteiger partial charge in [0.2, 0.25) is 0 Å². The molecule has 17 heavy (non-hydrogen) atoms. The average molecular weight is 250 g/mol. The minimum absolute atomic E-state index is 0.301. The summed E-state index contributed by atoms with van der Waals surface area (Å²) in [6.07, 6.45) is 1.46. The molecule has 3 atom stereocenters. The molecule has 2 rings (SSSR count). The number of hydrogen-bond donors (Lipinski definition) is 0. The Bertz CT molecular complexity index is 360. The summed E-state index contributed by atoms with van der Waals surface area (Å²) in [5.74, 6) is 0.471. The normalized spacial score (nSPS) is 29.9. The van der Waals surface area contributed by atoms with Crippen LogP contribution in [0, 0.1) is 0 Å². The highest BCUT2D eigenvalue weighted by atomic mass is 32.2. The van der Waals surface area contributed by atoms with Crippen LogP contribution in [0.25, 0.3) is 0 Å². The topological polar surface area (TPSA) is 9.23 Å². The van der Waals surface area contributed by atoms with E-state index >= 15 is 0 Å². The van der Waals surface area contributed by atoms with Gasteiger partial charge in [-0.05, 0) is 18.9 Å². The highest BCUT2D eigenvalue weighted by Gasteiger charge is 2.36. The molecule has 0 aliphatic carbocycles. The number of thioether (sulfide) groups is 1. The van der Waals surface area contributed by atoms with E-state index < -0.39 is 0 Å². The molecule has 1 aromatic carbocycles. The van der Waals surface area contributed by atoms with Gasteiger partial charge >= 0.3 is 0 Å². The second kappa shape index (κ2) is 5.03. The van der Waals surface area contributed by atoms with Crippen LogP contribution in [0.3, 0.4) is 0 Å². The van der Waals surface area contributed by atoms with E-state index in [9.17, 15) is 0 Å². The Hall–Kier alpha value is -0.470. The van der Waals surface area contributed by atoms with E-state index in [1.165, 1.54) is 5.56 Å². The van der Waals surface area contributed by atoms with Crippen LogP contribution in [0.5, 0.6) is 0 Å². The molecule has 0 amide bonds. The van der Waals surface area contributed by atoms with Gasteiger partial charge in [0.05, 0.1) is 6.10 Å².